The van der Waals surface area contributed by atoms with Crippen LogP contribution >= 0.6 is 0 Å². The number of hydrogen-bond acceptors (Lipinski definition) is 2. The molecule has 2 heterocycles. The fourth-order valence-electron chi connectivity index (χ4n) is 2.95. The molecule has 0 fully saturated rings. The van der Waals surface area contributed by atoms with Crippen LogP contribution in [-0.4, -0.2) is 40.3 Å². The normalized spacial score (nSPS) is 14.7. The van der Waals surface area contributed by atoms with Gasteiger partial charge in [0.15, 0.2) is 5.96 Å². The molecular formula is C18H25N5. The van der Waals surface area contributed by atoms with Gasteiger partial charge in [-0.05, 0) is 37.0 Å². The van der Waals surface area contributed by atoms with Gasteiger partial charge in [0.05, 0.1) is 0 Å². The SMILES string of the molecule is CCNC(=NCCCn1cccn1)N1CCc2ccccc2C1. The van der Waals surface area contributed by atoms with E-state index in [1.165, 1.54) is 11.1 Å². The standard InChI is InChI=1S/C18H25N5/c1-2-19-18(20-10-5-12-23-13-6-11-21-23)22-14-9-16-7-3-4-8-17(16)15-22/h3-4,6-8,11,13H,2,5,9-10,12,14-15H2,1H3,(H,19,20). The van der Waals surface area contributed by atoms with Crippen molar-refractivity contribution in [3.8, 4) is 0 Å². The smallest absolute Gasteiger partial charge is 0.194 e. The van der Waals surface area contributed by atoms with Crippen molar-refractivity contribution < 1.29 is 0 Å². The second kappa shape index (κ2) is 7.81. The van der Waals surface area contributed by atoms with Crippen LogP contribution in [-0.2, 0) is 19.5 Å². The zero-order chi connectivity index (χ0) is 15.9. The molecule has 5 heteroatoms. The van der Waals surface area contributed by atoms with Gasteiger partial charge < -0.3 is 10.2 Å². The molecule has 2 aromatic rings. The van der Waals surface area contributed by atoms with Crippen LogP contribution in [0.1, 0.15) is 24.5 Å². The molecule has 122 valence electrons. The molecule has 0 amide bonds. The Kier molecular flexibility index (Phi) is 5.29. The lowest BCUT2D eigenvalue weighted by molar-refractivity contribution is 0.378. The fraction of sp³-hybridized carbons (Fsp3) is 0.444. The number of fused-ring (bicyclic) bond motifs is 1. The van der Waals surface area contributed by atoms with Crippen LogP contribution in [0.5, 0.6) is 0 Å². The molecule has 0 saturated heterocycles. The van der Waals surface area contributed by atoms with Gasteiger partial charge in [0.25, 0.3) is 0 Å². The van der Waals surface area contributed by atoms with Crippen LogP contribution in [0.3, 0.4) is 0 Å². The molecule has 5 nitrogen and oxygen atoms in total. The lowest BCUT2D eigenvalue weighted by Gasteiger charge is -2.31. The van der Waals surface area contributed by atoms with Crippen molar-refractivity contribution in [3.05, 3.63) is 53.9 Å². The highest BCUT2D eigenvalue weighted by molar-refractivity contribution is 5.80. The topological polar surface area (TPSA) is 45.5 Å². The number of nitrogens with one attached hydrogen (secondary N) is 1. The predicted molar refractivity (Wildman–Crippen MR) is 93.4 cm³/mol. The second-order valence-electron chi connectivity index (χ2n) is 5.80. The third-order valence-electron chi connectivity index (χ3n) is 4.13. The summed E-state index contributed by atoms with van der Waals surface area (Å²) in [5.41, 5.74) is 2.89. The van der Waals surface area contributed by atoms with E-state index in [0.717, 1.165) is 51.5 Å². The Labute approximate surface area is 138 Å². The summed E-state index contributed by atoms with van der Waals surface area (Å²) in [6.45, 7) is 6.73. The number of aliphatic imine (C=N–C) groups is 1. The zero-order valence-electron chi connectivity index (χ0n) is 13.8. The van der Waals surface area contributed by atoms with E-state index in [4.69, 9.17) is 4.99 Å². The van der Waals surface area contributed by atoms with E-state index in [2.05, 4.69) is 46.5 Å². The first-order valence-corrected chi connectivity index (χ1v) is 8.44. The van der Waals surface area contributed by atoms with E-state index in [1.54, 1.807) is 0 Å². The number of benzene rings is 1. The van der Waals surface area contributed by atoms with E-state index in [0.29, 0.717) is 0 Å². The average molecular weight is 311 g/mol. The minimum absolute atomic E-state index is 0.820. The van der Waals surface area contributed by atoms with Crippen LogP contribution in [0.15, 0.2) is 47.7 Å². The maximum atomic E-state index is 4.80. The first-order chi connectivity index (χ1) is 11.4. The van der Waals surface area contributed by atoms with Crippen LogP contribution in [0.4, 0.5) is 0 Å². The molecule has 0 aliphatic carbocycles. The van der Waals surface area contributed by atoms with Crippen molar-refractivity contribution in [2.45, 2.75) is 32.9 Å². The number of aromatic nitrogens is 2. The number of nitrogens with zero attached hydrogens (tertiary/aromatic N) is 4. The van der Waals surface area contributed by atoms with Gasteiger partial charge >= 0.3 is 0 Å². The lowest BCUT2D eigenvalue weighted by Crippen LogP contribution is -2.44. The Morgan fingerprint density at radius 3 is 2.91 bits per heavy atom. The van der Waals surface area contributed by atoms with E-state index in [1.807, 2.05) is 23.1 Å². The molecule has 3 rings (SSSR count). The van der Waals surface area contributed by atoms with E-state index in [-0.39, 0.29) is 0 Å². The first kappa shape index (κ1) is 15.6. The predicted octanol–water partition coefficient (Wildman–Crippen LogP) is 2.30. The molecule has 0 bridgehead atoms. The van der Waals surface area contributed by atoms with Crippen molar-refractivity contribution in [3.63, 3.8) is 0 Å². The summed E-state index contributed by atoms with van der Waals surface area (Å²) in [5.74, 6) is 1.03. The second-order valence-corrected chi connectivity index (χ2v) is 5.80. The zero-order valence-corrected chi connectivity index (χ0v) is 13.8. The molecule has 1 aliphatic heterocycles. The number of rotatable bonds is 5. The Morgan fingerprint density at radius 1 is 1.26 bits per heavy atom. The van der Waals surface area contributed by atoms with E-state index in [9.17, 15) is 0 Å². The highest BCUT2D eigenvalue weighted by Crippen LogP contribution is 2.18. The maximum Gasteiger partial charge on any atom is 0.194 e. The van der Waals surface area contributed by atoms with Crippen LogP contribution in [0.25, 0.3) is 0 Å². The van der Waals surface area contributed by atoms with Crippen LogP contribution in [0.2, 0.25) is 0 Å². The largest absolute Gasteiger partial charge is 0.357 e. The van der Waals surface area contributed by atoms with Gasteiger partial charge in [0.1, 0.15) is 0 Å². The summed E-state index contributed by atoms with van der Waals surface area (Å²) in [7, 11) is 0. The first-order valence-electron chi connectivity index (χ1n) is 8.44. The molecule has 0 radical (unpaired) electrons. The van der Waals surface area contributed by atoms with Crippen molar-refractivity contribution in [2.75, 3.05) is 19.6 Å². The summed E-state index contributed by atoms with van der Waals surface area (Å²) in [6.07, 6.45) is 5.91. The highest BCUT2D eigenvalue weighted by Gasteiger charge is 2.18. The minimum atomic E-state index is 0.820. The van der Waals surface area contributed by atoms with Crippen molar-refractivity contribution >= 4 is 5.96 Å². The van der Waals surface area contributed by atoms with Gasteiger partial charge in [-0.2, -0.15) is 5.10 Å². The molecule has 0 saturated carbocycles. The highest BCUT2D eigenvalue weighted by atomic mass is 15.3. The Hall–Kier alpha value is -2.30. The average Bonchev–Trinajstić information content (AvgIpc) is 3.10. The number of aryl methyl sites for hydroxylation is 1. The van der Waals surface area contributed by atoms with E-state index < -0.39 is 0 Å². The third kappa shape index (κ3) is 4.12. The summed E-state index contributed by atoms with van der Waals surface area (Å²) < 4.78 is 1.96. The van der Waals surface area contributed by atoms with Gasteiger partial charge in [-0.3, -0.25) is 9.67 Å². The summed E-state index contributed by atoms with van der Waals surface area (Å²) in [6, 6.07) is 10.7. The summed E-state index contributed by atoms with van der Waals surface area (Å²) in [4.78, 5) is 7.16. The molecule has 23 heavy (non-hydrogen) atoms. The molecule has 1 aliphatic rings. The molecule has 0 unspecified atom stereocenters. The molecule has 0 atom stereocenters. The maximum absolute atomic E-state index is 4.80. The molecule has 1 aromatic heterocycles. The molecule has 1 aromatic carbocycles. The van der Waals surface area contributed by atoms with Gasteiger partial charge in [-0.15, -0.1) is 0 Å². The third-order valence-corrected chi connectivity index (χ3v) is 4.13. The van der Waals surface area contributed by atoms with Gasteiger partial charge in [-0.1, -0.05) is 24.3 Å². The summed E-state index contributed by atoms with van der Waals surface area (Å²) >= 11 is 0. The fourth-order valence-corrected chi connectivity index (χ4v) is 2.95. The van der Waals surface area contributed by atoms with Crippen molar-refractivity contribution in [2.24, 2.45) is 4.99 Å². The Balaban J connectivity index is 1.58. The van der Waals surface area contributed by atoms with Crippen molar-refractivity contribution in [1.29, 1.82) is 0 Å². The van der Waals surface area contributed by atoms with Crippen molar-refractivity contribution in [1.82, 2.24) is 20.0 Å². The van der Waals surface area contributed by atoms with Gasteiger partial charge in [0, 0.05) is 45.1 Å². The van der Waals surface area contributed by atoms with Crippen LogP contribution in [0, 0.1) is 0 Å². The molecule has 1 N–H and O–H groups in total. The lowest BCUT2D eigenvalue weighted by atomic mass is 10.0. The molecular weight excluding hydrogens is 286 g/mol. The van der Waals surface area contributed by atoms with Gasteiger partial charge in [0.2, 0.25) is 0 Å². The number of guanidine groups is 1. The Morgan fingerprint density at radius 2 is 2.13 bits per heavy atom. The van der Waals surface area contributed by atoms with Crippen LogP contribution < -0.4 is 5.32 Å². The minimum Gasteiger partial charge on any atom is -0.357 e. The summed E-state index contributed by atoms with van der Waals surface area (Å²) in [5, 5.41) is 7.66. The quantitative estimate of drug-likeness (QED) is 0.523. The Bertz CT molecular complexity index is 633. The molecule has 0 spiro atoms. The van der Waals surface area contributed by atoms with E-state index >= 15 is 0 Å². The monoisotopic (exact) mass is 311 g/mol. The number of hydrogen-bond donors (Lipinski definition) is 1. The van der Waals surface area contributed by atoms with Gasteiger partial charge in [-0.25, -0.2) is 0 Å².